The van der Waals surface area contributed by atoms with Crippen LogP contribution in [0.2, 0.25) is 0 Å². The van der Waals surface area contributed by atoms with Crippen LogP contribution in [0.1, 0.15) is 25.7 Å². The van der Waals surface area contributed by atoms with Gasteiger partial charge in [0, 0.05) is 30.9 Å². The second-order valence-electron chi connectivity index (χ2n) is 5.60. The van der Waals surface area contributed by atoms with E-state index in [0.717, 1.165) is 29.1 Å². The Bertz CT molecular complexity index is 573. The smallest absolute Gasteiger partial charge is 0.0955 e. The van der Waals surface area contributed by atoms with Crippen molar-refractivity contribution in [2.24, 2.45) is 5.92 Å². The van der Waals surface area contributed by atoms with Crippen LogP contribution in [0, 0.1) is 5.92 Å². The summed E-state index contributed by atoms with van der Waals surface area (Å²) < 4.78 is 0. The molecule has 100 valence electrons. The van der Waals surface area contributed by atoms with Gasteiger partial charge in [0.1, 0.15) is 0 Å². The molecule has 1 aliphatic rings. The van der Waals surface area contributed by atoms with Crippen LogP contribution >= 0.6 is 0 Å². The fourth-order valence-corrected chi connectivity index (χ4v) is 3.17. The standard InChI is InChI=1S/C16H21N3/c1-19(11-12-5-2-3-6-12)15-9-8-14(17)13-7-4-10-18-16(13)15/h4,7-10,12H,2-3,5-6,11,17H2,1H3. The number of fused-ring (bicyclic) bond motifs is 1. The summed E-state index contributed by atoms with van der Waals surface area (Å²) in [5.41, 5.74) is 9.04. The third kappa shape index (κ3) is 2.37. The molecule has 0 atom stereocenters. The van der Waals surface area contributed by atoms with Crippen molar-refractivity contribution in [3.05, 3.63) is 30.5 Å². The summed E-state index contributed by atoms with van der Waals surface area (Å²) in [5, 5.41) is 1.05. The van der Waals surface area contributed by atoms with E-state index in [1.807, 2.05) is 24.4 Å². The molecule has 1 aromatic heterocycles. The number of nitrogen functional groups attached to an aromatic ring is 1. The molecule has 3 rings (SSSR count). The van der Waals surface area contributed by atoms with Crippen LogP contribution in [0.15, 0.2) is 30.5 Å². The zero-order valence-corrected chi connectivity index (χ0v) is 11.5. The molecule has 0 unspecified atom stereocenters. The minimum atomic E-state index is 0.807. The quantitative estimate of drug-likeness (QED) is 0.854. The number of benzene rings is 1. The lowest BCUT2D eigenvalue weighted by Gasteiger charge is -2.24. The van der Waals surface area contributed by atoms with Gasteiger partial charge in [-0.2, -0.15) is 0 Å². The number of nitrogens with two attached hydrogens (primary N) is 1. The van der Waals surface area contributed by atoms with E-state index in [1.165, 1.54) is 31.4 Å². The molecule has 0 amide bonds. The van der Waals surface area contributed by atoms with E-state index in [4.69, 9.17) is 5.73 Å². The lowest BCUT2D eigenvalue weighted by Crippen LogP contribution is -2.24. The van der Waals surface area contributed by atoms with Gasteiger partial charge in [0.15, 0.2) is 0 Å². The normalized spacial score (nSPS) is 16.1. The lowest BCUT2D eigenvalue weighted by molar-refractivity contribution is 0.547. The minimum Gasteiger partial charge on any atom is -0.398 e. The molecule has 1 saturated carbocycles. The Morgan fingerprint density at radius 1 is 1.26 bits per heavy atom. The van der Waals surface area contributed by atoms with E-state index in [1.54, 1.807) is 0 Å². The number of nitrogens with zero attached hydrogens (tertiary/aromatic N) is 2. The van der Waals surface area contributed by atoms with Crippen molar-refractivity contribution in [1.29, 1.82) is 0 Å². The van der Waals surface area contributed by atoms with Crippen LogP contribution in [-0.4, -0.2) is 18.6 Å². The van der Waals surface area contributed by atoms with Crippen molar-refractivity contribution in [2.75, 3.05) is 24.2 Å². The van der Waals surface area contributed by atoms with Gasteiger partial charge in [-0.3, -0.25) is 4.98 Å². The third-order valence-electron chi connectivity index (χ3n) is 4.20. The van der Waals surface area contributed by atoms with Crippen LogP contribution in [0.4, 0.5) is 11.4 Å². The van der Waals surface area contributed by atoms with E-state index in [-0.39, 0.29) is 0 Å². The first kappa shape index (κ1) is 12.3. The monoisotopic (exact) mass is 255 g/mol. The van der Waals surface area contributed by atoms with Gasteiger partial charge in [0.05, 0.1) is 11.2 Å². The summed E-state index contributed by atoms with van der Waals surface area (Å²) >= 11 is 0. The number of hydrogen-bond donors (Lipinski definition) is 1. The molecule has 3 heteroatoms. The molecular formula is C16H21N3. The molecule has 1 aliphatic carbocycles. The van der Waals surface area contributed by atoms with Crippen LogP contribution < -0.4 is 10.6 Å². The van der Waals surface area contributed by atoms with Crippen molar-refractivity contribution < 1.29 is 0 Å². The Balaban J connectivity index is 1.93. The highest BCUT2D eigenvalue weighted by Gasteiger charge is 2.18. The SMILES string of the molecule is CN(CC1CCCC1)c1ccc(N)c2cccnc12. The number of pyridine rings is 1. The van der Waals surface area contributed by atoms with Crippen LogP contribution in [-0.2, 0) is 0 Å². The van der Waals surface area contributed by atoms with Gasteiger partial charge in [-0.15, -0.1) is 0 Å². The molecule has 1 heterocycles. The zero-order valence-electron chi connectivity index (χ0n) is 11.5. The molecule has 3 nitrogen and oxygen atoms in total. The van der Waals surface area contributed by atoms with E-state index in [2.05, 4.69) is 23.0 Å². The number of anilines is 2. The van der Waals surface area contributed by atoms with Gasteiger partial charge in [-0.05, 0) is 43.0 Å². The predicted octanol–water partition coefficient (Wildman–Crippen LogP) is 3.44. The Kier molecular flexibility index (Phi) is 3.28. The molecule has 1 aromatic carbocycles. The average molecular weight is 255 g/mol. The Morgan fingerprint density at radius 3 is 2.84 bits per heavy atom. The predicted molar refractivity (Wildman–Crippen MR) is 81.4 cm³/mol. The van der Waals surface area contributed by atoms with Crippen molar-refractivity contribution >= 4 is 22.3 Å². The molecule has 2 N–H and O–H groups in total. The van der Waals surface area contributed by atoms with E-state index >= 15 is 0 Å². The van der Waals surface area contributed by atoms with Gasteiger partial charge >= 0.3 is 0 Å². The van der Waals surface area contributed by atoms with Gasteiger partial charge < -0.3 is 10.6 Å². The largest absolute Gasteiger partial charge is 0.398 e. The van der Waals surface area contributed by atoms with Crippen LogP contribution in [0.5, 0.6) is 0 Å². The summed E-state index contributed by atoms with van der Waals surface area (Å²) in [6.45, 7) is 1.12. The van der Waals surface area contributed by atoms with E-state index < -0.39 is 0 Å². The second-order valence-corrected chi connectivity index (χ2v) is 5.60. The fraction of sp³-hybridized carbons (Fsp3) is 0.438. The third-order valence-corrected chi connectivity index (χ3v) is 4.20. The molecule has 0 aliphatic heterocycles. The molecular weight excluding hydrogens is 234 g/mol. The van der Waals surface area contributed by atoms with Crippen molar-refractivity contribution in [1.82, 2.24) is 4.98 Å². The molecule has 0 saturated heterocycles. The fourth-order valence-electron chi connectivity index (χ4n) is 3.17. The summed E-state index contributed by atoms with van der Waals surface area (Å²) in [5.74, 6) is 0.835. The highest BCUT2D eigenvalue weighted by molar-refractivity contribution is 5.98. The number of rotatable bonds is 3. The van der Waals surface area contributed by atoms with Crippen molar-refractivity contribution in [2.45, 2.75) is 25.7 Å². The number of hydrogen-bond acceptors (Lipinski definition) is 3. The Hall–Kier alpha value is -1.77. The highest BCUT2D eigenvalue weighted by Crippen LogP contribution is 2.31. The lowest BCUT2D eigenvalue weighted by atomic mass is 10.1. The summed E-state index contributed by atoms with van der Waals surface area (Å²) in [7, 11) is 2.16. The first-order valence-electron chi connectivity index (χ1n) is 7.10. The maximum atomic E-state index is 6.03. The van der Waals surface area contributed by atoms with Gasteiger partial charge in [0.2, 0.25) is 0 Å². The van der Waals surface area contributed by atoms with Crippen molar-refractivity contribution in [3.63, 3.8) is 0 Å². The van der Waals surface area contributed by atoms with Gasteiger partial charge in [-0.25, -0.2) is 0 Å². The molecule has 0 spiro atoms. The first-order chi connectivity index (χ1) is 9.25. The van der Waals surface area contributed by atoms with Crippen molar-refractivity contribution in [3.8, 4) is 0 Å². The second kappa shape index (κ2) is 5.08. The van der Waals surface area contributed by atoms with Crippen LogP contribution in [0.25, 0.3) is 10.9 Å². The summed E-state index contributed by atoms with van der Waals surface area (Å²) in [6.07, 6.45) is 7.35. The van der Waals surface area contributed by atoms with E-state index in [0.29, 0.717) is 0 Å². The highest BCUT2D eigenvalue weighted by atomic mass is 15.1. The van der Waals surface area contributed by atoms with Gasteiger partial charge in [-0.1, -0.05) is 12.8 Å². The first-order valence-corrected chi connectivity index (χ1v) is 7.10. The summed E-state index contributed by atoms with van der Waals surface area (Å²) in [6, 6.07) is 8.08. The maximum absolute atomic E-state index is 6.03. The number of aromatic nitrogens is 1. The van der Waals surface area contributed by atoms with E-state index in [9.17, 15) is 0 Å². The molecule has 0 radical (unpaired) electrons. The zero-order chi connectivity index (χ0) is 13.2. The minimum absolute atomic E-state index is 0.807. The maximum Gasteiger partial charge on any atom is 0.0955 e. The average Bonchev–Trinajstić information content (AvgIpc) is 2.92. The molecule has 1 fully saturated rings. The molecule has 2 aromatic rings. The Labute approximate surface area is 114 Å². The van der Waals surface area contributed by atoms with Crippen LogP contribution in [0.3, 0.4) is 0 Å². The Morgan fingerprint density at radius 2 is 2.05 bits per heavy atom. The molecule has 0 bridgehead atoms. The summed E-state index contributed by atoms with van der Waals surface area (Å²) in [4.78, 5) is 6.85. The molecule has 19 heavy (non-hydrogen) atoms. The van der Waals surface area contributed by atoms with Gasteiger partial charge in [0.25, 0.3) is 0 Å². The topological polar surface area (TPSA) is 42.1 Å².